The van der Waals surface area contributed by atoms with E-state index >= 15 is 0 Å². The van der Waals surface area contributed by atoms with Crippen molar-refractivity contribution >= 4 is 23.5 Å². The summed E-state index contributed by atoms with van der Waals surface area (Å²) < 4.78 is 10.0. The Labute approximate surface area is 120 Å². The maximum absolute atomic E-state index is 12.2. The Bertz CT molecular complexity index is 511. The molecule has 0 radical (unpaired) electrons. The summed E-state index contributed by atoms with van der Waals surface area (Å²) in [7, 11) is 1.32. The third-order valence-corrected chi connectivity index (χ3v) is 3.05. The first-order valence-electron chi connectivity index (χ1n) is 6.05. The van der Waals surface area contributed by atoms with Crippen LogP contribution in [0.15, 0.2) is 12.4 Å². The van der Waals surface area contributed by atoms with Crippen LogP contribution in [-0.4, -0.2) is 59.7 Å². The second-order valence-corrected chi connectivity index (χ2v) is 4.64. The molecule has 0 spiro atoms. The van der Waals surface area contributed by atoms with Crippen LogP contribution in [0, 0.1) is 0 Å². The first-order chi connectivity index (χ1) is 9.60. The molecule has 1 fully saturated rings. The van der Waals surface area contributed by atoms with Crippen LogP contribution < -0.4 is 0 Å². The average Bonchev–Trinajstić information content (AvgIpc) is 2.46. The molecule has 7 nitrogen and oxygen atoms in total. The van der Waals surface area contributed by atoms with Gasteiger partial charge in [0.15, 0.2) is 0 Å². The second-order valence-electron chi connectivity index (χ2n) is 4.25. The summed E-state index contributed by atoms with van der Waals surface area (Å²) in [6, 6.07) is 0. The predicted octanol–water partition coefficient (Wildman–Crippen LogP) is 0.534. The van der Waals surface area contributed by atoms with Crippen LogP contribution in [0.1, 0.15) is 16.9 Å². The summed E-state index contributed by atoms with van der Waals surface area (Å²) in [6.07, 6.45) is 2.46. The van der Waals surface area contributed by atoms with E-state index in [4.69, 9.17) is 16.3 Å². The van der Waals surface area contributed by atoms with Crippen molar-refractivity contribution in [1.29, 1.82) is 0 Å². The molecule has 0 N–H and O–H groups in total. The van der Waals surface area contributed by atoms with Gasteiger partial charge in [-0.2, -0.15) is 0 Å². The number of amides is 1. The monoisotopic (exact) mass is 299 g/mol. The zero-order chi connectivity index (χ0) is 14.5. The zero-order valence-corrected chi connectivity index (χ0v) is 11.7. The molecule has 0 saturated carbocycles. The molecule has 1 aliphatic rings. The number of rotatable bonds is 3. The Morgan fingerprint density at radius 2 is 2.35 bits per heavy atom. The quantitative estimate of drug-likeness (QED) is 0.758. The van der Waals surface area contributed by atoms with Gasteiger partial charge in [0.25, 0.3) is 5.91 Å². The van der Waals surface area contributed by atoms with Crippen molar-refractivity contribution in [3.8, 4) is 0 Å². The minimum Gasteiger partial charge on any atom is -0.469 e. The van der Waals surface area contributed by atoms with Gasteiger partial charge in [-0.25, -0.2) is 4.98 Å². The van der Waals surface area contributed by atoms with Gasteiger partial charge in [0, 0.05) is 13.1 Å². The number of nitrogens with zero attached hydrogens (tertiary/aromatic N) is 3. The van der Waals surface area contributed by atoms with Crippen molar-refractivity contribution in [3.05, 3.63) is 23.2 Å². The topological polar surface area (TPSA) is 81.6 Å². The molecular weight excluding hydrogens is 286 g/mol. The lowest BCUT2D eigenvalue weighted by Gasteiger charge is -2.32. The lowest BCUT2D eigenvalue weighted by molar-refractivity contribution is -0.145. The molecule has 0 bridgehead atoms. The number of ether oxygens (including phenoxy) is 2. The summed E-state index contributed by atoms with van der Waals surface area (Å²) >= 11 is 5.71. The molecule has 1 atom stereocenters. The van der Waals surface area contributed by atoms with Gasteiger partial charge in [0.05, 0.1) is 38.6 Å². The molecule has 0 aliphatic carbocycles. The Morgan fingerprint density at radius 1 is 1.55 bits per heavy atom. The van der Waals surface area contributed by atoms with Gasteiger partial charge in [-0.15, -0.1) is 0 Å². The van der Waals surface area contributed by atoms with Crippen LogP contribution in [-0.2, 0) is 14.3 Å². The van der Waals surface area contributed by atoms with E-state index in [1.807, 2.05) is 0 Å². The van der Waals surface area contributed by atoms with E-state index in [1.54, 1.807) is 4.90 Å². The van der Waals surface area contributed by atoms with Gasteiger partial charge in [-0.1, -0.05) is 11.6 Å². The van der Waals surface area contributed by atoms with Crippen molar-refractivity contribution < 1.29 is 19.1 Å². The minimum atomic E-state index is -0.369. The highest BCUT2D eigenvalue weighted by molar-refractivity contribution is 6.29. The van der Waals surface area contributed by atoms with Crippen molar-refractivity contribution in [1.82, 2.24) is 14.9 Å². The molecule has 1 aromatic heterocycles. The van der Waals surface area contributed by atoms with Crippen LogP contribution in [0.4, 0.5) is 0 Å². The van der Waals surface area contributed by atoms with E-state index in [0.717, 1.165) is 0 Å². The molecule has 1 aliphatic heterocycles. The number of carbonyl (C=O) groups excluding carboxylic acids is 2. The fourth-order valence-electron chi connectivity index (χ4n) is 1.90. The summed E-state index contributed by atoms with van der Waals surface area (Å²) in [5, 5.41) is 0.162. The lowest BCUT2D eigenvalue weighted by Crippen LogP contribution is -2.46. The molecule has 2 heterocycles. The number of carbonyl (C=O) groups is 2. The maximum atomic E-state index is 12.2. The van der Waals surface area contributed by atoms with E-state index in [1.165, 1.54) is 19.5 Å². The molecule has 1 aromatic rings. The smallest absolute Gasteiger partial charge is 0.308 e. The van der Waals surface area contributed by atoms with Crippen LogP contribution in [0.25, 0.3) is 0 Å². The number of methoxy groups -OCH3 is 1. The number of hydrogen-bond acceptors (Lipinski definition) is 6. The first kappa shape index (κ1) is 14.7. The van der Waals surface area contributed by atoms with E-state index in [9.17, 15) is 9.59 Å². The van der Waals surface area contributed by atoms with Gasteiger partial charge in [0.2, 0.25) is 0 Å². The summed E-state index contributed by atoms with van der Waals surface area (Å²) in [5.74, 6) is -0.648. The van der Waals surface area contributed by atoms with Crippen molar-refractivity contribution in [2.75, 3.05) is 26.8 Å². The molecular formula is C12H14ClN3O4. The Kier molecular flexibility index (Phi) is 4.86. The van der Waals surface area contributed by atoms with E-state index in [0.29, 0.717) is 19.7 Å². The third-order valence-electron chi connectivity index (χ3n) is 2.87. The van der Waals surface area contributed by atoms with E-state index in [2.05, 4.69) is 14.7 Å². The van der Waals surface area contributed by atoms with Gasteiger partial charge in [-0.05, 0) is 0 Å². The fourth-order valence-corrected chi connectivity index (χ4v) is 2.05. The average molecular weight is 300 g/mol. The molecule has 1 amide bonds. The SMILES string of the molecule is COC(=O)CC1CN(C(=O)c2cncc(Cl)n2)CCO1. The Morgan fingerprint density at radius 3 is 3.05 bits per heavy atom. The van der Waals surface area contributed by atoms with Crippen LogP contribution in [0.2, 0.25) is 5.15 Å². The Hall–Kier alpha value is -1.73. The van der Waals surface area contributed by atoms with Crippen molar-refractivity contribution in [2.24, 2.45) is 0 Å². The molecule has 20 heavy (non-hydrogen) atoms. The Balaban J connectivity index is 2.01. The van der Waals surface area contributed by atoms with Crippen molar-refractivity contribution in [2.45, 2.75) is 12.5 Å². The number of esters is 1. The number of morpholine rings is 1. The third kappa shape index (κ3) is 3.64. The normalized spacial score (nSPS) is 18.7. The number of hydrogen-bond donors (Lipinski definition) is 0. The zero-order valence-electron chi connectivity index (χ0n) is 10.9. The largest absolute Gasteiger partial charge is 0.469 e. The second kappa shape index (κ2) is 6.62. The molecule has 8 heteroatoms. The fraction of sp³-hybridized carbons (Fsp3) is 0.500. The molecule has 0 aromatic carbocycles. The van der Waals surface area contributed by atoms with Gasteiger partial charge in [0.1, 0.15) is 10.8 Å². The summed E-state index contributed by atoms with van der Waals surface area (Å²) in [6.45, 7) is 1.11. The predicted molar refractivity (Wildman–Crippen MR) is 69.3 cm³/mol. The number of halogens is 1. The number of aromatic nitrogens is 2. The highest BCUT2D eigenvalue weighted by Crippen LogP contribution is 2.13. The van der Waals surface area contributed by atoms with Crippen molar-refractivity contribution in [3.63, 3.8) is 0 Å². The minimum absolute atomic E-state index is 0.113. The van der Waals surface area contributed by atoms with Crippen LogP contribution in [0.3, 0.4) is 0 Å². The highest BCUT2D eigenvalue weighted by atomic mass is 35.5. The molecule has 1 saturated heterocycles. The van der Waals surface area contributed by atoms with Gasteiger partial charge < -0.3 is 14.4 Å². The van der Waals surface area contributed by atoms with Crippen LogP contribution in [0.5, 0.6) is 0 Å². The van der Waals surface area contributed by atoms with Crippen LogP contribution >= 0.6 is 11.6 Å². The summed E-state index contributed by atoms with van der Waals surface area (Å²) in [5.41, 5.74) is 0.177. The van der Waals surface area contributed by atoms with E-state index < -0.39 is 0 Å². The molecule has 2 rings (SSSR count). The van der Waals surface area contributed by atoms with E-state index in [-0.39, 0.29) is 35.2 Å². The lowest BCUT2D eigenvalue weighted by atomic mass is 10.2. The summed E-state index contributed by atoms with van der Waals surface area (Å²) in [4.78, 5) is 32.8. The highest BCUT2D eigenvalue weighted by Gasteiger charge is 2.27. The first-order valence-corrected chi connectivity index (χ1v) is 6.43. The maximum Gasteiger partial charge on any atom is 0.308 e. The standard InChI is InChI=1S/C12H14ClN3O4/c1-19-11(17)4-8-7-16(2-3-20-8)12(18)9-5-14-6-10(13)15-9/h5-6,8H,2-4,7H2,1H3. The molecule has 1 unspecified atom stereocenters. The van der Waals surface area contributed by atoms with Gasteiger partial charge >= 0.3 is 5.97 Å². The van der Waals surface area contributed by atoms with Gasteiger partial charge in [-0.3, -0.25) is 14.6 Å². The molecule has 108 valence electrons.